The Bertz CT molecular complexity index is 197. The SMILES string of the molecule is CCOCC(=O)NCC1CNCCC1C. The third-order valence-electron chi connectivity index (χ3n) is 2.99. The molecule has 2 N–H and O–H groups in total. The van der Waals surface area contributed by atoms with E-state index >= 15 is 0 Å². The Morgan fingerprint density at radius 3 is 3.07 bits per heavy atom. The van der Waals surface area contributed by atoms with Crippen LogP contribution in [0.25, 0.3) is 0 Å². The monoisotopic (exact) mass is 214 g/mol. The molecular formula is C11H22N2O2. The quantitative estimate of drug-likeness (QED) is 0.696. The Balaban J connectivity index is 2.14. The van der Waals surface area contributed by atoms with Crippen LogP contribution < -0.4 is 10.6 Å². The molecular weight excluding hydrogens is 192 g/mol. The zero-order chi connectivity index (χ0) is 11.1. The van der Waals surface area contributed by atoms with Gasteiger partial charge >= 0.3 is 0 Å². The molecule has 15 heavy (non-hydrogen) atoms. The first kappa shape index (κ1) is 12.5. The molecule has 0 aromatic heterocycles. The molecule has 1 saturated heterocycles. The van der Waals surface area contributed by atoms with Gasteiger partial charge in [0.2, 0.25) is 5.91 Å². The fraction of sp³-hybridized carbons (Fsp3) is 0.909. The van der Waals surface area contributed by atoms with E-state index < -0.39 is 0 Å². The van der Waals surface area contributed by atoms with Gasteiger partial charge in [-0.1, -0.05) is 6.92 Å². The van der Waals surface area contributed by atoms with Crippen LogP contribution in [0, 0.1) is 11.8 Å². The highest BCUT2D eigenvalue weighted by Gasteiger charge is 2.21. The highest BCUT2D eigenvalue weighted by atomic mass is 16.5. The van der Waals surface area contributed by atoms with Gasteiger partial charge in [0.05, 0.1) is 0 Å². The summed E-state index contributed by atoms with van der Waals surface area (Å²) in [6.07, 6.45) is 1.20. The molecule has 1 aliphatic rings. The van der Waals surface area contributed by atoms with E-state index in [1.54, 1.807) is 0 Å². The van der Waals surface area contributed by atoms with E-state index in [0.717, 1.165) is 19.6 Å². The van der Waals surface area contributed by atoms with E-state index in [1.807, 2.05) is 6.92 Å². The first-order valence-electron chi connectivity index (χ1n) is 5.79. The highest BCUT2D eigenvalue weighted by molar-refractivity contribution is 5.77. The summed E-state index contributed by atoms with van der Waals surface area (Å²) in [6, 6.07) is 0. The third-order valence-corrected chi connectivity index (χ3v) is 2.99. The van der Waals surface area contributed by atoms with Crippen LogP contribution in [0.2, 0.25) is 0 Å². The van der Waals surface area contributed by atoms with Crippen LogP contribution in [0.1, 0.15) is 20.3 Å². The van der Waals surface area contributed by atoms with Crippen LogP contribution in [0.5, 0.6) is 0 Å². The molecule has 1 amide bonds. The third kappa shape index (κ3) is 4.62. The Morgan fingerprint density at radius 2 is 2.40 bits per heavy atom. The van der Waals surface area contributed by atoms with E-state index in [4.69, 9.17) is 4.74 Å². The molecule has 1 aliphatic heterocycles. The van der Waals surface area contributed by atoms with Crippen molar-refractivity contribution in [2.24, 2.45) is 11.8 Å². The van der Waals surface area contributed by atoms with Crippen molar-refractivity contribution < 1.29 is 9.53 Å². The maximum atomic E-state index is 11.3. The fourth-order valence-corrected chi connectivity index (χ4v) is 1.82. The molecule has 2 atom stereocenters. The van der Waals surface area contributed by atoms with Crippen LogP contribution in [0.3, 0.4) is 0 Å². The Labute approximate surface area is 91.8 Å². The van der Waals surface area contributed by atoms with Crippen molar-refractivity contribution >= 4 is 5.91 Å². The Hall–Kier alpha value is -0.610. The predicted octanol–water partition coefficient (Wildman–Crippen LogP) is 0.385. The standard InChI is InChI=1S/C11H22N2O2/c1-3-15-8-11(14)13-7-10-6-12-5-4-9(10)2/h9-10,12H,3-8H2,1-2H3,(H,13,14). The number of piperidine rings is 1. The lowest BCUT2D eigenvalue weighted by Gasteiger charge is -2.29. The molecule has 1 rings (SSSR count). The zero-order valence-electron chi connectivity index (χ0n) is 9.71. The summed E-state index contributed by atoms with van der Waals surface area (Å²) >= 11 is 0. The van der Waals surface area contributed by atoms with E-state index in [9.17, 15) is 4.79 Å². The maximum absolute atomic E-state index is 11.3. The molecule has 0 spiro atoms. The van der Waals surface area contributed by atoms with E-state index in [1.165, 1.54) is 6.42 Å². The maximum Gasteiger partial charge on any atom is 0.246 e. The summed E-state index contributed by atoms with van der Waals surface area (Å²) in [5.41, 5.74) is 0. The molecule has 0 aromatic carbocycles. The first-order valence-corrected chi connectivity index (χ1v) is 5.79. The molecule has 4 nitrogen and oxygen atoms in total. The number of rotatable bonds is 5. The van der Waals surface area contributed by atoms with Gasteiger partial charge < -0.3 is 15.4 Å². The molecule has 1 fully saturated rings. The van der Waals surface area contributed by atoms with Crippen molar-refractivity contribution in [1.82, 2.24) is 10.6 Å². The van der Waals surface area contributed by atoms with Crippen LogP contribution in [-0.2, 0) is 9.53 Å². The molecule has 0 aliphatic carbocycles. The second kappa shape index (κ2) is 6.80. The Morgan fingerprint density at radius 1 is 1.60 bits per heavy atom. The summed E-state index contributed by atoms with van der Waals surface area (Å²) in [7, 11) is 0. The lowest BCUT2D eigenvalue weighted by Crippen LogP contribution is -2.43. The van der Waals surface area contributed by atoms with Gasteiger partial charge in [0, 0.05) is 13.2 Å². The molecule has 0 aromatic rings. The van der Waals surface area contributed by atoms with Crippen LogP contribution in [0.15, 0.2) is 0 Å². The molecule has 4 heteroatoms. The average molecular weight is 214 g/mol. The van der Waals surface area contributed by atoms with Crippen molar-refractivity contribution in [2.75, 3.05) is 32.8 Å². The van der Waals surface area contributed by atoms with Gasteiger partial charge in [-0.15, -0.1) is 0 Å². The van der Waals surface area contributed by atoms with Crippen molar-refractivity contribution in [2.45, 2.75) is 20.3 Å². The second-order valence-corrected chi connectivity index (χ2v) is 4.17. The number of hydrogen-bond donors (Lipinski definition) is 2. The normalized spacial score (nSPS) is 26.3. The molecule has 0 saturated carbocycles. The van der Waals surface area contributed by atoms with Gasteiger partial charge in [-0.2, -0.15) is 0 Å². The number of ether oxygens (including phenoxy) is 1. The zero-order valence-corrected chi connectivity index (χ0v) is 9.71. The minimum Gasteiger partial charge on any atom is -0.372 e. The molecule has 88 valence electrons. The summed E-state index contributed by atoms with van der Waals surface area (Å²) < 4.78 is 5.03. The lowest BCUT2D eigenvalue weighted by atomic mass is 9.88. The van der Waals surface area contributed by atoms with Crippen molar-refractivity contribution in [3.8, 4) is 0 Å². The van der Waals surface area contributed by atoms with Gasteiger partial charge in [-0.05, 0) is 38.3 Å². The van der Waals surface area contributed by atoms with Crippen molar-refractivity contribution in [1.29, 1.82) is 0 Å². The number of amides is 1. The summed E-state index contributed by atoms with van der Waals surface area (Å²) in [5, 5.41) is 6.26. The van der Waals surface area contributed by atoms with Crippen molar-refractivity contribution in [3.05, 3.63) is 0 Å². The lowest BCUT2D eigenvalue weighted by molar-refractivity contribution is -0.125. The van der Waals surface area contributed by atoms with Crippen LogP contribution in [0.4, 0.5) is 0 Å². The topological polar surface area (TPSA) is 50.4 Å². The average Bonchev–Trinajstić information content (AvgIpc) is 2.25. The van der Waals surface area contributed by atoms with E-state index in [2.05, 4.69) is 17.6 Å². The summed E-state index contributed by atoms with van der Waals surface area (Å²) in [6.45, 7) is 7.79. The van der Waals surface area contributed by atoms with E-state index in [0.29, 0.717) is 18.4 Å². The number of nitrogens with one attached hydrogen (secondary N) is 2. The largest absolute Gasteiger partial charge is 0.372 e. The van der Waals surface area contributed by atoms with E-state index in [-0.39, 0.29) is 12.5 Å². The molecule has 2 unspecified atom stereocenters. The second-order valence-electron chi connectivity index (χ2n) is 4.17. The Kier molecular flexibility index (Phi) is 5.65. The minimum atomic E-state index is -0.00498. The fourth-order valence-electron chi connectivity index (χ4n) is 1.82. The first-order chi connectivity index (χ1) is 7.24. The smallest absolute Gasteiger partial charge is 0.246 e. The van der Waals surface area contributed by atoms with Gasteiger partial charge in [0.25, 0.3) is 0 Å². The summed E-state index contributed by atoms with van der Waals surface area (Å²) in [5.74, 6) is 1.25. The number of carbonyl (C=O) groups excluding carboxylic acids is 1. The highest BCUT2D eigenvalue weighted by Crippen LogP contribution is 2.17. The van der Waals surface area contributed by atoms with Gasteiger partial charge in [-0.3, -0.25) is 4.79 Å². The van der Waals surface area contributed by atoms with Gasteiger partial charge in [0.15, 0.2) is 0 Å². The minimum absolute atomic E-state index is 0.00498. The van der Waals surface area contributed by atoms with Gasteiger partial charge in [-0.25, -0.2) is 0 Å². The predicted molar refractivity (Wildman–Crippen MR) is 59.6 cm³/mol. The van der Waals surface area contributed by atoms with Gasteiger partial charge in [0.1, 0.15) is 6.61 Å². The number of carbonyl (C=O) groups is 1. The van der Waals surface area contributed by atoms with Crippen molar-refractivity contribution in [3.63, 3.8) is 0 Å². The summed E-state index contributed by atoms with van der Waals surface area (Å²) in [4.78, 5) is 11.3. The molecule has 0 radical (unpaired) electrons. The number of hydrogen-bond acceptors (Lipinski definition) is 3. The molecule has 1 heterocycles. The van der Waals surface area contributed by atoms with Crippen LogP contribution in [-0.4, -0.2) is 38.8 Å². The molecule has 0 bridgehead atoms. The van der Waals surface area contributed by atoms with Crippen LogP contribution >= 0.6 is 0 Å².